The second-order valence-corrected chi connectivity index (χ2v) is 10.5. The molecule has 1 N–H and O–H groups in total. The van der Waals surface area contributed by atoms with Crippen LogP contribution in [-0.2, 0) is 0 Å². The highest BCUT2D eigenvalue weighted by molar-refractivity contribution is 6.15. The molecule has 2 unspecified atom stereocenters. The van der Waals surface area contributed by atoms with E-state index in [-0.39, 0.29) is 6.23 Å². The summed E-state index contributed by atoms with van der Waals surface area (Å²) in [5.41, 5.74) is 3.92. The van der Waals surface area contributed by atoms with E-state index >= 15 is 0 Å². The highest BCUT2D eigenvalue weighted by atomic mass is 16.5. The average Bonchev–Trinajstić information content (AvgIpc) is 3.50. The van der Waals surface area contributed by atoms with Gasteiger partial charge in [0.05, 0.1) is 5.69 Å². The number of fused-ring (bicyclic) bond motifs is 5. The van der Waals surface area contributed by atoms with Crippen LogP contribution in [0, 0.1) is 5.92 Å². The largest absolute Gasteiger partial charge is 0.468 e. The Balaban J connectivity index is 1.24. The smallest absolute Gasteiger partial charge is 0.176 e. The van der Waals surface area contributed by atoms with Gasteiger partial charge in [-0.25, -0.2) is 15.0 Å². The molecule has 2 aliphatic rings. The summed E-state index contributed by atoms with van der Waals surface area (Å²) in [7, 11) is 0. The van der Waals surface area contributed by atoms with Crippen molar-refractivity contribution in [3.63, 3.8) is 0 Å². The van der Waals surface area contributed by atoms with Gasteiger partial charge in [-0.3, -0.25) is 0 Å². The fourth-order valence-corrected chi connectivity index (χ4v) is 5.78. The number of ether oxygens (including phenoxy) is 1. The summed E-state index contributed by atoms with van der Waals surface area (Å²) < 4.78 is 6.38. The summed E-state index contributed by atoms with van der Waals surface area (Å²) in [6, 6.07) is 35.2. The zero-order valence-electron chi connectivity index (χ0n) is 22.2. The number of hydrogen-bond acceptors (Lipinski definition) is 5. The minimum atomic E-state index is -0.0793. The van der Waals surface area contributed by atoms with Gasteiger partial charge >= 0.3 is 0 Å². The third-order valence-corrected chi connectivity index (χ3v) is 7.86. The number of rotatable bonds is 4. The zero-order chi connectivity index (χ0) is 27.2. The lowest BCUT2D eigenvalue weighted by atomic mass is 9.97. The molecule has 1 aromatic heterocycles. The molecule has 8 rings (SSSR count). The van der Waals surface area contributed by atoms with Crippen LogP contribution < -0.4 is 10.1 Å². The molecule has 0 spiro atoms. The lowest BCUT2D eigenvalue weighted by Crippen LogP contribution is -2.29. The first-order chi connectivity index (χ1) is 20.3. The quantitative estimate of drug-likeness (QED) is 0.232. The Morgan fingerprint density at radius 1 is 0.634 bits per heavy atom. The Morgan fingerprint density at radius 2 is 1.29 bits per heavy atom. The van der Waals surface area contributed by atoms with Crippen molar-refractivity contribution >= 4 is 27.2 Å². The number of nitrogens with one attached hydrogen (secondary N) is 1. The van der Waals surface area contributed by atoms with E-state index in [1.807, 2.05) is 60.7 Å². The summed E-state index contributed by atoms with van der Waals surface area (Å²) >= 11 is 0. The molecule has 1 aliphatic carbocycles. The van der Waals surface area contributed by atoms with Gasteiger partial charge in [0, 0.05) is 28.0 Å². The van der Waals surface area contributed by atoms with Crippen LogP contribution in [0.25, 0.3) is 55.7 Å². The maximum absolute atomic E-state index is 6.38. The van der Waals surface area contributed by atoms with Crippen LogP contribution >= 0.6 is 0 Å². The Bertz CT molecular complexity index is 1930. The van der Waals surface area contributed by atoms with Gasteiger partial charge in [-0.1, -0.05) is 115 Å². The van der Waals surface area contributed by atoms with Crippen LogP contribution in [0.15, 0.2) is 127 Å². The van der Waals surface area contributed by atoms with Crippen molar-refractivity contribution in [2.75, 3.05) is 5.32 Å². The highest BCUT2D eigenvalue weighted by Crippen LogP contribution is 2.44. The van der Waals surface area contributed by atoms with E-state index in [9.17, 15) is 0 Å². The first kappa shape index (κ1) is 23.6. The predicted octanol–water partition coefficient (Wildman–Crippen LogP) is 8.44. The molecule has 0 saturated carbocycles. The first-order valence-electron chi connectivity index (χ1n) is 13.9. The predicted molar refractivity (Wildman–Crippen MR) is 166 cm³/mol. The molecule has 196 valence electrons. The number of allylic oxidation sites excluding steroid dienone is 3. The van der Waals surface area contributed by atoms with Crippen LogP contribution in [0.2, 0.25) is 0 Å². The van der Waals surface area contributed by atoms with Crippen molar-refractivity contribution in [3.05, 3.63) is 127 Å². The third kappa shape index (κ3) is 4.23. The lowest BCUT2D eigenvalue weighted by molar-refractivity contribution is 0.204. The molecule has 0 radical (unpaired) electrons. The molecule has 0 bridgehead atoms. The van der Waals surface area contributed by atoms with Gasteiger partial charge in [0.2, 0.25) is 0 Å². The highest BCUT2D eigenvalue weighted by Gasteiger charge is 2.30. The minimum Gasteiger partial charge on any atom is -0.468 e. The molecule has 1 aliphatic heterocycles. The molecule has 41 heavy (non-hydrogen) atoms. The Morgan fingerprint density at radius 3 is 1.98 bits per heavy atom. The number of hydrogen-bond donors (Lipinski definition) is 1. The van der Waals surface area contributed by atoms with Crippen LogP contribution in [-0.4, -0.2) is 21.2 Å². The molecule has 5 aromatic carbocycles. The van der Waals surface area contributed by atoms with Gasteiger partial charge in [0.15, 0.2) is 23.7 Å². The van der Waals surface area contributed by atoms with E-state index in [1.165, 1.54) is 16.2 Å². The average molecular weight is 531 g/mol. The van der Waals surface area contributed by atoms with Gasteiger partial charge in [-0.2, -0.15) is 0 Å². The topological polar surface area (TPSA) is 59.9 Å². The fraction of sp³-hybridized carbons (Fsp3) is 0.0833. The van der Waals surface area contributed by atoms with Crippen molar-refractivity contribution in [1.82, 2.24) is 15.0 Å². The van der Waals surface area contributed by atoms with E-state index in [2.05, 4.69) is 72.1 Å². The van der Waals surface area contributed by atoms with Crippen molar-refractivity contribution in [2.45, 2.75) is 12.6 Å². The first-order valence-corrected chi connectivity index (χ1v) is 13.9. The maximum Gasteiger partial charge on any atom is 0.176 e. The third-order valence-electron chi connectivity index (χ3n) is 7.86. The van der Waals surface area contributed by atoms with Crippen molar-refractivity contribution in [3.8, 4) is 39.9 Å². The van der Waals surface area contributed by atoms with Crippen molar-refractivity contribution in [1.29, 1.82) is 0 Å². The number of benzene rings is 5. The summed E-state index contributed by atoms with van der Waals surface area (Å²) in [4.78, 5) is 14.7. The van der Waals surface area contributed by atoms with Crippen molar-refractivity contribution in [2.24, 2.45) is 5.92 Å². The normalized spacial score (nSPS) is 17.4. The molecule has 6 aromatic rings. The molecule has 2 heterocycles. The lowest BCUT2D eigenvalue weighted by Gasteiger charge is -2.20. The van der Waals surface area contributed by atoms with E-state index < -0.39 is 0 Å². The van der Waals surface area contributed by atoms with Crippen LogP contribution in [0.3, 0.4) is 0 Å². The van der Waals surface area contributed by atoms with Crippen LogP contribution in [0.1, 0.15) is 6.42 Å². The van der Waals surface area contributed by atoms with Crippen LogP contribution in [0.5, 0.6) is 5.75 Å². The zero-order valence-corrected chi connectivity index (χ0v) is 22.2. The second-order valence-electron chi connectivity index (χ2n) is 10.5. The molecular weight excluding hydrogens is 504 g/mol. The fourth-order valence-electron chi connectivity index (χ4n) is 5.78. The van der Waals surface area contributed by atoms with E-state index in [0.29, 0.717) is 23.4 Å². The number of anilines is 1. The standard InChI is InChI=1S/C36H26N4O/c1-4-10-24(11-5-1)33-38-34(25-12-6-2-7-13-25)40-35(39-33)28-18-20-29-27(22-28)17-16-23-19-21-30-32(31(23)29)37-36(41-30)26-14-8-3-9-15-26/h1-14,16-22,26,36-37H,15H2. The molecule has 2 atom stereocenters. The SMILES string of the molecule is C1=CCC(C2Nc3c(ccc4ccc5cc(-c6nc(-c7ccccc7)nc(-c7ccccc7)n6)ccc5c34)O2)C=C1. The van der Waals surface area contributed by atoms with Gasteiger partial charge in [-0.15, -0.1) is 0 Å². The van der Waals surface area contributed by atoms with Gasteiger partial charge < -0.3 is 10.1 Å². The second kappa shape index (κ2) is 9.72. The molecule has 0 amide bonds. The summed E-state index contributed by atoms with van der Waals surface area (Å²) in [5.74, 6) is 3.16. The Labute approximate surface area is 237 Å². The van der Waals surface area contributed by atoms with Gasteiger partial charge in [-0.05, 0) is 34.7 Å². The van der Waals surface area contributed by atoms with E-state index in [4.69, 9.17) is 19.7 Å². The molecular formula is C36H26N4O. The maximum atomic E-state index is 6.38. The number of nitrogens with zero attached hydrogens (tertiary/aromatic N) is 3. The van der Waals surface area contributed by atoms with Gasteiger partial charge in [0.25, 0.3) is 0 Å². The van der Waals surface area contributed by atoms with E-state index in [1.54, 1.807) is 0 Å². The minimum absolute atomic E-state index is 0.0793. The Kier molecular flexibility index (Phi) is 5.59. The number of aromatic nitrogens is 3. The molecule has 0 fully saturated rings. The molecule has 5 nitrogen and oxygen atoms in total. The molecule has 0 saturated heterocycles. The van der Waals surface area contributed by atoms with Crippen molar-refractivity contribution < 1.29 is 4.74 Å². The van der Waals surface area contributed by atoms with Gasteiger partial charge in [0.1, 0.15) is 5.75 Å². The summed E-state index contributed by atoms with van der Waals surface area (Å²) in [6.07, 6.45) is 9.50. The molecule has 5 heteroatoms. The monoisotopic (exact) mass is 530 g/mol. The van der Waals surface area contributed by atoms with E-state index in [0.717, 1.165) is 39.9 Å². The Hall–Kier alpha value is -5.29. The summed E-state index contributed by atoms with van der Waals surface area (Å²) in [6.45, 7) is 0. The van der Waals surface area contributed by atoms with Crippen LogP contribution in [0.4, 0.5) is 5.69 Å². The summed E-state index contributed by atoms with van der Waals surface area (Å²) in [5, 5.41) is 8.34.